The number of pyridine rings is 1. The average molecular weight is 417 g/mol. The third-order valence-corrected chi connectivity index (χ3v) is 5.46. The number of aromatic nitrogens is 1. The van der Waals surface area contributed by atoms with Gasteiger partial charge < -0.3 is 10.2 Å². The Balaban J connectivity index is 1.50. The Morgan fingerprint density at radius 1 is 1.06 bits per heavy atom. The molecule has 8 heteroatoms. The van der Waals surface area contributed by atoms with Crippen molar-refractivity contribution in [2.24, 2.45) is 5.92 Å². The number of amides is 1. The molecule has 1 N–H and O–H groups in total. The van der Waals surface area contributed by atoms with Crippen LogP contribution in [0, 0.1) is 40.2 Å². The minimum Gasteiger partial charge on any atom is -0.370 e. The highest BCUT2D eigenvalue weighted by atomic mass is 19.1. The van der Waals surface area contributed by atoms with Gasteiger partial charge in [-0.05, 0) is 49.2 Å². The lowest BCUT2D eigenvalue weighted by molar-refractivity contribution is -0.120. The van der Waals surface area contributed by atoms with Crippen molar-refractivity contribution in [3.63, 3.8) is 0 Å². The number of hydrogen-bond donors (Lipinski definition) is 1. The highest BCUT2D eigenvalue weighted by Gasteiger charge is 2.27. The number of halogens is 2. The Morgan fingerprint density at radius 3 is 2.52 bits per heavy atom. The second-order valence-corrected chi connectivity index (χ2v) is 7.35. The van der Waals surface area contributed by atoms with Gasteiger partial charge in [0, 0.05) is 36.3 Å². The zero-order chi connectivity index (χ0) is 22.0. The fraction of sp³-hybridized carbons (Fsp3) is 0.217. The van der Waals surface area contributed by atoms with Crippen LogP contribution in [-0.2, 0) is 4.79 Å². The zero-order valence-electron chi connectivity index (χ0n) is 16.4. The summed E-state index contributed by atoms with van der Waals surface area (Å²) in [7, 11) is 0. The number of nitriles is 2. The molecule has 0 bridgehead atoms. The van der Waals surface area contributed by atoms with E-state index in [0.29, 0.717) is 53.8 Å². The summed E-state index contributed by atoms with van der Waals surface area (Å²) in [5.74, 6) is -1.53. The fourth-order valence-electron chi connectivity index (χ4n) is 3.87. The van der Waals surface area contributed by atoms with E-state index in [4.69, 9.17) is 5.26 Å². The number of benzene rings is 2. The molecule has 1 saturated heterocycles. The van der Waals surface area contributed by atoms with Crippen molar-refractivity contribution in [1.29, 1.82) is 10.5 Å². The van der Waals surface area contributed by atoms with E-state index >= 15 is 0 Å². The third-order valence-electron chi connectivity index (χ3n) is 5.46. The number of piperidine rings is 1. The molecular formula is C23H17F2N5O. The van der Waals surface area contributed by atoms with Crippen LogP contribution in [0.5, 0.6) is 0 Å². The molecule has 154 valence electrons. The zero-order valence-corrected chi connectivity index (χ0v) is 16.4. The SMILES string of the molecule is N#Cc1cc(NC(=O)C2CCN(c3c(C#N)cnc4ccc(F)cc34)CC2)ccc1F. The second-order valence-electron chi connectivity index (χ2n) is 7.35. The molecule has 0 aliphatic carbocycles. The summed E-state index contributed by atoms with van der Waals surface area (Å²) in [4.78, 5) is 18.9. The number of hydrogen-bond acceptors (Lipinski definition) is 5. The average Bonchev–Trinajstić information content (AvgIpc) is 2.79. The quantitative estimate of drug-likeness (QED) is 0.692. The Hall–Kier alpha value is -4.04. The van der Waals surface area contributed by atoms with Crippen molar-refractivity contribution in [2.45, 2.75) is 12.8 Å². The van der Waals surface area contributed by atoms with E-state index in [1.165, 1.54) is 30.5 Å². The van der Waals surface area contributed by atoms with E-state index in [0.717, 1.165) is 6.07 Å². The molecule has 0 spiro atoms. The third kappa shape index (κ3) is 4.01. The number of nitrogens with one attached hydrogen (secondary N) is 1. The number of nitrogens with zero attached hydrogens (tertiary/aromatic N) is 4. The number of rotatable bonds is 3. The maximum absolute atomic E-state index is 13.8. The predicted octanol–water partition coefficient (Wildman–Crippen LogP) is 4.11. The minimum atomic E-state index is -0.636. The van der Waals surface area contributed by atoms with Crippen LogP contribution in [0.1, 0.15) is 24.0 Å². The van der Waals surface area contributed by atoms with Crippen LogP contribution in [-0.4, -0.2) is 24.0 Å². The lowest BCUT2D eigenvalue weighted by Gasteiger charge is -2.34. The standard InChI is InChI=1S/C23H17F2N5O/c24-17-1-4-21-19(10-17)22(16(12-27)13-28-21)30-7-5-14(6-8-30)23(31)29-18-2-3-20(25)15(9-18)11-26/h1-4,9-10,13-14H,5-8H2,(H,29,31). The summed E-state index contributed by atoms with van der Waals surface area (Å²) in [6, 6.07) is 12.0. The highest BCUT2D eigenvalue weighted by Crippen LogP contribution is 2.33. The van der Waals surface area contributed by atoms with E-state index in [2.05, 4.69) is 16.4 Å². The van der Waals surface area contributed by atoms with Gasteiger partial charge in [0.25, 0.3) is 0 Å². The first-order valence-corrected chi connectivity index (χ1v) is 9.74. The van der Waals surface area contributed by atoms with Gasteiger partial charge in [-0.1, -0.05) is 0 Å². The van der Waals surface area contributed by atoms with Crippen LogP contribution in [0.2, 0.25) is 0 Å². The molecule has 0 unspecified atom stereocenters. The number of carbonyl (C=O) groups excluding carboxylic acids is 1. The molecule has 3 aromatic rings. The van der Waals surface area contributed by atoms with Crippen LogP contribution in [0.25, 0.3) is 10.9 Å². The summed E-state index contributed by atoms with van der Waals surface area (Å²) in [5, 5.41) is 21.8. The van der Waals surface area contributed by atoms with Gasteiger partial charge in [0.2, 0.25) is 5.91 Å². The molecule has 2 heterocycles. The van der Waals surface area contributed by atoms with E-state index in [9.17, 15) is 18.8 Å². The van der Waals surface area contributed by atoms with Gasteiger partial charge in [-0.25, -0.2) is 8.78 Å². The van der Waals surface area contributed by atoms with Crippen molar-refractivity contribution < 1.29 is 13.6 Å². The molecule has 1 aliphatic rings. The predicted molar refractivity (Wildman–Crippen MR) is 111 cm³/mol. The molecule has 1 amide bonds. The minimum absolute atomic E-state index is 0.131. The molecular weight excluding hydrogens is 400 g/mol. The van der Waals surface area contributed by atoms with Crippen molar-refractivity contribution in [3.8, 4) is 12.1 Å². The van der Waals surface area contributed by atoms with E-state index < -0.39 is 11.6 Å². The van der Waals surface area contributed by atoms with Crippen LogP contribution >= 0.6 is 0 Å². The molecule has 2 aromatic carbocycles. The maximum atomic E-state index is 13.8. The Kier molecular flexibility index (Phi) is 5.46. The largest absolute Gasteiger partial charge is 0.370 e. The van der Waals surface area contributed by atoms with E-state index in [-0.39, 0.29) is 17.4 Å². The first kappa shape index (κ1) is 20.2. The lowest BCUT2D eigenvalue weighted by Crippen LogP contribution is -2.38. The molecule has 1 aromatic heterocycles. The molecule has 31 heavy (non-hydrogen) atoms. The summed E-state index contributed by atoms with van der Waals surface area (Å²) < 4.78 is 27.3. The van der Waals surface area contributed by atoms with Crippen LogP contribution in [0.3, 0.4) is 0 Å². The van der Waals surface area contributed by atoms with Crippen LogP contribution < -0.4 is 10.2 Å². The van der Waals surface area contributed by atoms with Gasteiger partial charge in [0.1, 0.15) is 23.8 Å². The van der Waals surface area contributed by atoms with Crippen molar-refractivity contribution >= 4 is 28.2 Å². The molecule has 0 saturated carbocycles. The van der Waals surface area contributed by atoms with Gasteiger partial charge in [0.15, 0.2) is 0 Å². The van der Waals surface area contributed by atoms with Crippen LogP contribution in [0.15, 0.2) is 42.6 Å². The summed E-state index contributed by atoms with van der Waals surface area (Å²) in [6.07, 6.45) is 2.54. The van der Waals surface area contributed by atoms with Gasteiger partial charge in [-0.3, -0.25) is 9.78 Å². The normalized spacial score (nSPS) is 14.1. The number of fused-ring (bicyclic) bond motifs is 1. The number of carbonyl (C=O) groups is 1. The van der Waals surface area contributed by atoms with Gasteiger partial charge >= 0.3 is 0 Å². The topological polar surface area (TPSA) is 92.8 Å². The monoisotopic (exact) mass is 417 g/mol. The first-order chi connectivity index (χ1) is 15.0. The van der Waals surface area contributed by atoms with E-state index in [1.807, 2.05) is 4.90 Å². The molecule has 0 atom stereocenters. The van der Waals surface area contributed by atoms with Gasteiger partial charge in [-0.2, -0.15) is 10.5 Å². The molecule has 1 aliphatic heterocycles. The summed E-state index contributed by atoms with van der Waals surface area (Å²) in [6.45, 7) is 1.02. The molecule has 1 fully saturated rings. The Labute approximate surface area is 177 Å². The smallest absolute Gasteiger partial charge is 0.227 e. The Bertz CT molecular complexity index is 1250. The number of anilines is 2. The van der Waals surface area contributed by atoms with Crippen molar-refractivity contribution in [2.75, 3.05) is 23.3 Å². The molecule has 4 rings (SSSR count). The molecule has 6 nitrogen and oxygen atoms in total. The summed E-state index contributed by atoms with van der Waals surface area (Å²) >= 11 is 0. The lowest BCUT2D eigenvalue weighted by atomic mass is 9.94. The van der Waals surface area contributed by atoms with E-state index in [1.54, 1.807) is 12.1 Å². The maximum Gasteiger partial charge on any atom is 0.227 e. The first-order valence-electron chi connectivity index (χ1n) is 9.74. The van der Waals surface area contributed by atoms with Crippen molar-refractivity contribution in [3.05, 3.63) is 65.4 Å². The summed E-state index contributed by atoms with van der Waals surface area (Å²) in [5.41, 5.74) is 1.82. The Morgan fingerprint density at radius 2 is 1.81 bits per heavy atom. The van der Waals surface area contributed by atoms with Gasteiger partial charge in [-0.15, -0.1) is 0 Å². The van der Waals surface area contributed by atoms with Crippen molar-refractivity contribution in [1.82, 2.24) is 4.98 Å². The van der Waals surface area contributed by atoms with Gasteiger partial charge in [0.05, 0.1) is 22.3 Å². The fourth-order valence-corrected chi connectivity index (χ4v) is 3.87. The molecule has 0 radical (unpaired) electrons. The highest BCUT2D eigenvalue weighted by molar-refractivity contribution is 5.95. The second kappa shape index (κ2) is 8.37. The van der Waals surface area contributed by atoms with Crippen LogP contribution in [0.4, 0.5) is 20.2 Å².